The smallest absolute Gasteiger partial charge is 0.305 e. The lowest BCUT2D eigenvalue weighted by Gasteiger charge is -2.25. The van der Waals surface area contributed by atoms with Gasteiger partial charge in [0, 0.05) is 32.4 Å². The van der Waals surface area contributed by atoms with Crippen LogP contribution in [0.4, 0.5) is 0 Å². The van der Waals surface area contributed by atoms with Crippen LogP contribution in [0.1, 0.15) is 275 Å². The van der Waals surface area contributed by atoms with Gasteiger partial charge in [0.15, 0.2) is 0 Å². The standard InChI is InChI=1S/C30H53N3O3.C19H34.C4H8.C3H8O.4C2H6/c1-4-5-6-7-8-9-10-11-12-13-14-15-16-17-18-22-30(35)36-24-23-31-29(34)25-32-28(26-33(2)3)27-20-19-21-27;1-3-5-7-9-11-13-15-17-19-18-16-14-12-10-8-6-4-2;1-2-4-3-1;1-3-4-2;4*1-2/h8-9,11-12,32H,4-7,10,13-26H2,1-3H3,(H,31,34);3,12,14,18-19H,1,4-11,13,15-17H2,2H3;1-4H2;3H2,1-2H3;4*1-2H3/b9-8-,12-11-;14-12-,19-18-;;;;;;. The molecule has 2 aliphatic rings. The van der Waals surface area contributed by atoms with Crippen LogP contribution in [-0.4, -0.2) is 70.8 Å². The van der Waals surface area contributed by atoms with Crippen LogP contribution in [0.15, 0.2) is 72.5 Å². The Balaban J connectivity index is -0.000000250. The van der Waals surface area contributed by atoms with Crippen LogP contribution >= 0.6 is 0 Å². The minimum atomic E-state index is -0.170. The molecule has 7 heteroatoms. The van der Waals surface area contributed by atoms with Crippen LogP contribution in [0.5, 0.6) is 0 Å². The average molecular weight is 1000 g/mol. The summed E-state index contributed by atoms with van der Waals surface area (Å²) in [5, 5.41) is 6.11. The van der Waals surface area contributed by atoms with Gasteiger partial charge in [0.2, 0.25) is 5.91 Å². The molecule has 1 amide bonds. The van der Waals surface area contributed by atoms with Gasteiger partial charge in [-0.05, 0) is 129 Å². The third-order valence-corrected chi connectivity index (χ3v) is 11.0. The van der Waals surface area contributed by atoms with Gasteiger partial charge < -0.3 is 25.0 Å². The Bertz CT molecular complexity index is 1140. The van der Waals surface area contributed by atoms with Gasteiger partial charge in [-0.15, -0.1) is 6.58 Å². The van der Waals surface area contributed by atoms with Crippen LogP contribution in [0.25, 0.3) is 0 Å². The summed E-state index contributed by atoms with van der Waals surface area (Å²) in [6.07, 6.45) is 58.9. The molecule has 0 atom stereocenters. The molecule has 0 radical (unpaired) electrons. The number of likely N-dealkylation sites (N-methyl/N-ethyl adjacent to an activating group) is 1. The first-order chi connectivity index (χ1) is 34.9. The van der Waals surface area contributed by atoms with Crippen molar-refractivity contribution in [2.24, 2.45) is 0 Å². The molecule has 0 aromatic carbocycles. The quantitative estimate of drug-likeness (QED) is 0.0367. The zero-order valence-corrected chi connectivity index (χ0v) is 50.4. The highest BCUT2D eigenvalue weighted by atomic mass is 16.5. The van der Waals surface area contributed by atoms with Crippen molar-refractivity contribution < 1.29 is 19.1 Å². The SMILES string of the molecule is C1CCC1.C=CCCCCCCC/C=C\C/C=C\CCCCC.CC.CC.CC.CC.CCCCC/C=C\C/C=C\CCCCCCCC(=O)OCCNC(=O)CNC(CN(C)C)=C1CCC1.CCOC. The van der Waals surface area contributed by atoms with Crippen molar-refractivity contribution in [1.82, 2.24) is 15.5 Å². The number of rotatable bonds is 37. The number of hydrogen-bond acceptors (Lipinski definition) is 6. The van der Waals surface area contributed by atoms with Crippen molar-refractivity contribution in [3.05, 3.63) is 72.5 Å². The van der Waals surface area contributed by atoms with Gasteiger partial charge in [-0.2, -0.15) is 0 Å². The van der Waals surface area contributed by atoms with E-state index in [-0.39, 0.29) is 25.0 Å². The lowest BCUT2D eigenvalue weighted by atomic mass is 9.90. The van der Waals surface area contributed by atoms with Crippen molar-refractivity contribution in [2.75, 3.05) is 54.1 Å². The largest absolute Gasteiger partial charge is 0.464 e. The zero-order valence-electron chi connectivity index (χ0n) is 50.4. The van der Waals surface area contributed by atoms with Gasteiger partial charge in [-0.25, -0.2) is 0 Å². The monoisotopic (exact) mass is 1000 g/mol. The molecule has 7 nitrogen and oxygen atoms in total. The van der Waals surface area contributed by atoms with Crippen molar-refractivity contribution in [3.63, 3.8) is 0 Å². The number of carbonyl (C=O) groups excluding carboxylic acids is 2. The molecule has 2 saturated carbocycles. The molecular weight excluding hydrogens is 875 g/mol. The molecule has 0 heterocycles. The molecule has 0 spiro atoms. The van der Waals surface area contributed by atoms with Crippen molar-refractivity contribution >= 4 is 11.9 Å². The summed E-state index contributed by atoms with van der Waals surface area (Å²) in [5.41, 5.74) is 2.60. The molecule has 0 saturated heterocycles. The fraction of sp³-hybridized carbons (Fsp3) is 0.781. The van der Waals surface area contributed by atoms with Gasteiger partial charge in [0.1, 0.15) is 6.61 Å². The molecule has 0 bridgehead atoms. The molecule has 0 aliphatic heterocycles. The second-order valence-electron chi connectivity index (χ2n) is 17.4. The van der Waals surface area contributed by atoms with Crippen LogP contribution in [0.2, 0.25) is 0 Å². The predicted octanol–water partition coefficient (Wildman–Crippen LogP) is 19.4. The number of hydrogen-bond donors (Lipinski definition) is 2. The Morgan fingerprint density at radius 3 is 1.30 bits per heavy atom. The van der Waals surface area contributed by atoms with E-state index in [4.69, 9.17) is 4.74 Å². The minimum Gasteiger partial charge on any atom is -0.464 e. The van der Waals surface area contributed by atoms with E-state index in [2.05, 4.69) is 89.3 Å². The molecule has 0 unspecified atom stereocenters. The summed E-state index contributed by atoms with van der Waals surface area (Å²) < 4.78 is 9.79. The van der Waals surface area contributed by atoms with Gasteiger partial charge in [-0.3, -0.25) is 9.59 Å². The third-order valence-electron chi connectivity index (χ3n) is 11.0. The van der Waals surface area contributed by atoms with E-state index >= 15 is 0 Å². The molecule has 2 N–H and O–H groups in total. The molecule has 2 aliphatic carbocycles. The van der Waals surface area contributed by atoms with E-state index in [9.17, 15) is 9.59 Å². The molecule has 0 aromatic heterocycles. The van der Waals surface area contributed by atoms with Gasteiger partial charge in [0.05, 0.1) is 13.1 Å². The average Bonchev–Trinajstić information content (AvgIpc) is 3.36. The maximum absolute atomic E-state index is 12.1. The maximum Gasteiger partial charge on any atom is 0.305 e. The number of unbranched alkanes of at least 4 members (excludes halogenated alkanes) is 17. The number of allylic oxidation sites excluding steroid dienone is 10. The van der Waals surface area contributed by atoms with E-state index < -0.39 is 0 Å². The van der Waals surface area contributed by atoms with E-state index in [1.807, 2.05) is 82.5 Å². The van der Waals surface area contributed by atoms with Crippen molar-refractivity contribution in [2.45, 2.75) is 275 Å². The second-order valence-corrected chi connectivity index (χ2v) is 17.4. The fourth-order valence-corrected chi connectivity index (χ4v) is 6.37. The van der Waals surface area contributed by atoms with Gasteiger partial charge >= 0.3 is 5.97 Å². The first-order valence-electron chi connectivity index (χ1n) is 30.1. The Morgan fingerprint density at radius 2 is 0.944 bits per heavy atom. The van der Waals surface area contributed by atoms with Gasteiger partial charge in [0.25, 0.3) is 0 Å². The Hall–Kier alpha value is -2.90. The third kappa shape index (κ3) is 76.2. The first-order valence-corrected chi connectivity index (χ1v) is 30.1. The first kappa shape index (κ1) is 79.5. The summed E-state index contributed by atoms with van der Waals surface area (Å²) in [4.78, 5) is 26.1. The number of ether oxygens (including phenoxy) is 2. The summed E-state index contributed by atoms with van der Waals surface area (Å²) >= 11 is 0. The number of nitrogens with zero attached hydrogens (tertiary/aromatic N) is 1. The number of methoxy groups -OCH3 is 1. The lowest BCUT2D eigenvalue weighted by Crippen LogP contribution is -2.38. The van der Waals surface area contributed by atoms with Crippen LogP contribution in [0.3, 0.4) is 0 Å². The molecule has 2 fully saturated rings. The highest BCUT2D eigenvalue weighted by Crippen LogP contribution is 2.27. The zero-order chi connectivity index (χ0) is 54.5. The molecular formula is C64H127N3O4. The summed E-state index contributed by atoms with van der Waals surface area (Å²) in [6, 6.07) is 0. The van der Waals surface area contributed by atoms with E-state index in [1.54, 1.807) is 7.11 Å². The van der Waals surface area contributed by atoms with Crippen LogP contribution in [0, 0.1) is 0 Å². The number of amides is 1. The minimum absolute atomic E-state index is 0.0732. The van der Waals surface area contributed by atoms with Gasteiger partial charge in [-0.1, -0.05) is 214 Å². The topological polar surface area (TPSA) is 79.9 Å². The Labute approximate surface area is 446 Å². The van der Waals surface area contributed by atoms with Crippen LogP contribution in [-0.2, 0) is 19.1 Å². The molecule has 0 aromatic rings. The summed E-state index contributed by atoms with van der Waals surface area (Å²) in [7, 11) is 5.74. The second kappa shape index (κ2) is 78.5. The maximum atomic E-state index is 12.1. The fourth-order valence-electron chi connectivity index (χ4n) is 6.37. The highest BCUT2D eigenvalue weighted by molar-refractivity contribution is 5.78. The Kier molecular flexibility index (Phi) is 87.9. The normalized spacial score (nSPS) is 12.0. The summed E-state index contributed by atoms with van der Waals surface area (Å²) in [5.74, 6) is -0.244. The number of nitrogens with one attached hydrogen (secondary N) is 2. The van der Waals surface area contributed by atoms with Crippen LogP contribution < -0.4 is 10.6 Å². The lowest BCUT2D eigenvalue weighted by molar-refractivity contribution is -0.144. The van der Waals surface area contributed by atoms with E-state index in [0.717, 1.165) is 64.5 Å². The summed E-state index contributed by atoms with van der Waals surface area (Å²) in [6.45, 7) is 28.7. The predicted molar refractivity (Wildman–Crippen MR) is 322 cm³/mol. The molecule has 2 rings (SSSR count). The van der Waals surface area contributed by atoms with Crippen molar-refractivity contribution in [3.8, 4) is 0 Å². The van der Waals surface area contributed by atoms with E-state index in [1.165, 1.54) is 153 Å². The van der Waals surface area contributed by atoms with E-state index in [0.29, 0.717) is 13.0 Å². The molecule has 422 valence electrons. The number of esters is 1. The number of carbonyl (C=O) groups is 2. The highest BCUT2D eigenvalue weighted by Gasteiger charge is 2.16. The molecule has 71 heavy (non-hydrogen) atoms. The Morgan fingerprint density at radius 1 is 0.549 bits per heavy atom. The van der Waals surface area contributed by atoms with Crippen molar-refractivity contribution in [1.29, 1.82) is 0 Å².